The Hall–Kier alpha value is -4.11. The van der Waals surface area contributed by atoms with Gasteiger partial charge < -0.3 is 19.1 Å². The minimum Gasteiger partial charge on any atom is -0.462 e. The third kappa shape index (κ3) is 5.16. The zero-order valence-electron chi connectivity index (χ0n) is 30.1. The van der Waals surface area contributed by atoms with Crippen molar-refractivity contribution in [3.05, 3.63) is 75.1 Å². The number of para-hydroxylation sites is 1. The van der Waals surface area contributed by atoms with Gasteiger partial charge in [0, 0.05) is 34.8 Å². The lowest BCUT2D eigenvalue weighted by Crippen LogP contribution is -2.51. The smallest absolute Gasteiger partial charge is 0.343 e. The molecule has 7 unspecified atom stereocenters. The molecule has 51 heavy (non-hydrogen) atoms. The Morgan fingerprint density at radius 1 is 1.02 bits per heavy atom. The van der Waals surface area contributed by atoms with E-state index in [1.54, 1.807) is 17.6 Å². The largest absolute Gasteiger partial charge is 0.462 e. The van der Waals surface area contributed by atoms with Gasteiger partial charge in [-0.25, -0.2) is 9.78 Å². The second kappa shape index (κ2) is 12.2. The number of fused-ring (bicyclic) bond motifs is 10. The average Bonchev–Trinajstić information content (AvgIpc) is 3.66. The van der Waals surface area contributed by atoms with Crippen LogP contribution in [0.4, 0.5) is 0 Å². The summed E-state index contributed by atoms with van der Waals surface area (Å²) in [6, 6.07) is 11.6. The van der Waals surface area contributed by atoms with E-state index in [-0.39, 0.29) is 41.5 Å². The van der Waals surface area contributed by atoms with E-state index in [9.17, 15) is 24.3 Å². The average molecular weight is 693 g/mol. The molecule has 2 aliphatic heterocycles. The SMILES string of the molecule is CCC(=O)OC1CCC2C3CCC4=CC(=O)CCC4(C)C3CCC12C.CCC1(O)C(=O)OCc2c1cc1n(c2=O)Cc2cc3ccccc3nc2-1. The molecule has 6 aliphatic rings. The highest BCUT2D eigenvalue weighted by Crippen LogP contribution is 2.65. The number of rotatable bonds is 3. The molecule has 9 rings (SSSR count). The first-order valence-electron chi connectivity index (χ1n) is 18.9. The van der Waals surface area contributed by atoms with Crippen molar-refractivity contribution in [2.24, 2.45) is 28.6 Å². The van der Waals surface area contributed by atoms with Crippen LogP contribution in [0.2, 0.25) is 0 Å². The molecule has 1 N–H and O–H groups in total. The second-order valence-electron chi connectivity index (χ2n) is 16.2. The Bertz CT molecular complexity index is 2070. The number of carbonyl (C=O) groups excluding carboxylic acids is 3. The maximum absolute atomic E-state index is 13.0. The molecule has 0 amide bonds. The number of aromatic nitrogens is 2. The number of cyclic esters (lactones) is 1. The van der Waals surface area contributed by atoms with E-state index in [1.165, 1.54) is 24.8 Å². The Labute approximate surface area is 298 Å². The summed E-state index contributed by atoms with van der Waals surface area (Å²) >= 11 is 0. The van der Waals surface area contributed by atoms with Gasteiger partial charge in [0.15, 0.2) is 11.4 Å². The quantitative estimate of drug-likeness (QED) is 0.230. The predicted octanol–water partition coefficient (Wildman–Crippen LogP) is 6.92. The summed E-state index contributed by atoms with van der Waals surface area (Å²) in [4.78, 5) is 53.7. The van der Waals surface area contributed by atoms with E-state index in [0.717, 1.165) is 60.2 Å². The van der Waals surface area contributed by atoms with E-state index in [4.69, 9.17) is 14.5 Å². The normalized spacial score (nSPS) is 32.9. The lowest BCUT2D eigenvalue weighted by molar-refractivity contribution is -0.172. The summed E-state index contributed by atoms with van der Waals surface area (Å²) in [7, 11) is 0. The third-order valence-corrected chi connectivity index (χ3v) is 13.9. The molecule has 1 aromatic carbocycles. The minimum atomic E-state index is -1.79. The van der Waals surface area contributed by atoms with Gasteiger partial charge in [-0.05, 0) is 98.8 Å². The van der Waals surface area contributed by atoms with Gasteiger partial charge in [0.1, 0.15) is 12.7 Å². The first kappa shape index (κ1) is 34.0. The first-order chi connectivity index (χ1) is 24.4. The molecule has 3 fully saturated rings. The predicted molar refractivity (Wildman–Crippen MR) is 191 cm³/mol. The van der Waals surface area contributed by atoms with Crippen LogP contribution in [0.25, 0.3) is 22.3 Å². The maximum Gasteiger partial charge on any atom is 0.343 e. The molecule has 3 saturated carbocycles. The number of hydrogen-bond acceptors (Lipinski definition) is 8. The zero-order valence-corrected chi connectivity index (χ0v) is 30.1. The Kier molecular flexibility index (Phi) is 8.17. The van der Waals surface area contributed by atoms with Crippen LogP contribution in [0.5, 0.6) is 0 Å². The van der Waals surface area contributed by atoms with Gasteiger partial charge in [-0.3, -0.25) is 14.4 Å². The lowest BCUT2D eigenvalue weighted by Gasteiger charge is -2.57. The molecule has 0 bridgehead atoms. The number of carbonyl (C=O) groups is 3. The van der Waals surface area contributed by atoms with Crippen molar-refractivity contribution in [1.82, 2.24) is 9.55 Å². The number of aliphatic hydroxyl groups is 1. The fourth-order valence-corrected chi connectivity index (χ4v) is 10.9. The van der Waals surface area contributed by atoms with Crippen LogP contribution >= 0.6 is 0 Å². The van der Waals surface area contributed by atoms with Crippen molar-refractivity contribution in [2.45, 2.75) is 117 Å². The molecule has 7 atom stereocenters. The number of pyridine rings is 2. The third-order valence-electron chi connectivity index (χ3n) is 13.9. The molecular weight excluding hydrogens is 644 g/mol. The highest BCUT2D eigenvalue weighted by molar-refractivity contribution is 5.91. The summed E-state index contributed by atoms with van der Waals surface area (Å²) < 4.78 is 12.6. The van der Waals surface area contributed by atoms with Crippen LogP contribution in [0.1, 0.15) is 109 Å². The van der Waals surface area contributed by atoms with Crippen LogP contribution in [0.3, 0.4) is 0 Å². The molecule has 4 aliphatic carbocycles. The van der Waals surface area contributed by atoms with E-state index in [0.29, 0.717) is 47.4 Å². The number of esters is 2. The van der Waals surface area contributed by atoms with Crippen LogP contribution in [-0.4, -0.2) is 38.5 Å². The molecule has 9 heteroatoms. The number of hydrogen-bond donors (Lipinski definition) is 1. The maximum atomic E-state index is 13.0. The van der Waals surface area contributed by atoms with Gasteiger partial charge in [-0.15, -0.1) is 0 Å². The van der Waals surface area contributed by atoms with Gasteiger partial charge >= 0.3 is 11.9 Å². The molecule has 268 valence electrons. The Balaban J connectivity index is 0.000000147. The highest BCUT2D eigenvalue weighted by Gasteiger charge is 2.60. The van der Waals surface area contributed by atoms with Gasteiger partial charge in [0.05, 0.1) is 29.0 Å². The van der Waals surface area contributed by atoms with Crippen molar-refractivity contribution >= 4 is 28.6 Å². The Morgan fingerprint density at radius 2 is 1.82 bits per heavy atom. The molecule has 0 saturated heterocycles. The van der Waals surface area contributed by atoms with E-state index >= 15 is 0 Å². The summed E-state index contributed by atoms with van der Waals surface area (Å²) in [5, 5.41) is 11.8. The number of nitrogens with zero attached hydrogens (tertiary/aromatic N) is 2. The fourth-order valence-electron chi connectivity index (χ4n) is 10.9. The molecule has 2 aromatic heterocycles. The molecule has 4 heterocycles. The standard InChI is InChI=1S/C22H32O3.C20H16N2O4/c1-4-20(24)25-19-8-7-17-16-6-5-14-13-15(23)9-11-21(14,2)18(16)10-12-22(17,19)3;1-2-20(25)14-8-16-17-12(7-11-5-3-4-6-15(11)21-17)9-22(16)18(23)13(14)10-26-19(20)24/h13,16-19H,4-12H2,1-3H3;3-8,25H,2,9-10H2,1H3. The fraction of sp³-hybridized carbons (Fsp3) is 0.548. The van der Waals surface area contributed by atoms with Crippen molar-refractivity contribution in [3.8, 4) is 11.4 Å². The van der Waals surface area contributed by atoms with E-state index in [1.807, 2.05) is 43.3 Å². The molecular formula is C42H48N2O7. The summed E-state index contributed by atoms with van der Waals surface area (Å²) in [6.45, 7) is 8.70. The Morgan fingerprint density at radius 3 is 2.61 bits per heavy atom. The van der Waals surface area contributed by atoms with Gasteiger partial charge in [-0.2, -0.15) is 0 Å². The number of benzene rings is 1. The number of ketones is 1. The van der Waals surface area contributed by atoms with Crippen LogP contribution in [0.15, 0.2) is 52.8 Å². The van der Waals surface area contributed by atoms with Crippen molar-refractivity contribution in [3.63, 3.8) is 0 Å². The van der Waals surface area contributed by atoms with Gasteiger partial charge in [0.2, 0.25) is 0 Å². The van der Waals surface area contributed by atoms with Gasteiger partial charge in [-0.1, -0.05) is 51.5 Å². The highest BCUT2D eigenvalue weighted by atomic mass is 16.6. The molecule has 3 aromatic rings. The molecule has 0 radical (unpaired) electrons. The number of ether oxygens (including phenoxy) is 2. The lowest BCUT2D eigenvalue weighted by atomic mass is 9.47. The zero-order chi connectivity index (χ0) is 35.9. The molecule has 9 nitrogen and oxygen atoms in total. The van der Waals surface area contributed by atoms with Crippen LogP contribution < -0.4 is 5.56 Å². The molecule has 0 spiro atoms. The van der Waals surface area contributed by atoms with E-state index < -0.39 is 11.6 Å². The van der Waals surface area contributed by atoms with Crippen LogP contribution in [0, 0.1) is 28.6 Å². The summed E-state index contributed by atoms with van der Waals surface area (Å²) in [5.41, 5.74) is 3.64. The van der Waals surface area contributed by atoms with Crippen molar-refractivity contribution in [1.29, 1.82) is 0 Å². The monoisotopic (exact) mass is 692 g/mol. The second-order valence-corrected chi connectivity index (χ2v) is 16.2. The first-order valence-corrected chi connectivity index (χ1v) is 18.9. The summed E-state index contributed by atoms with van der Waals surface area (Å²) in [5.74, 6) is 1.71. The van der Waals surface area contributed by atoms with E-state index in [2.05, 4.69) is 13.8 Å². The van der Waals surface area contributed by atoms with Crippen molar-refractivity contribution in [2.75, 3.05) is 0 Å². The van der Waals surface area contributed by atoms with Crippen LogP contribution in [-0.2, 0) is 42.6 Å². The minimum absolute atomic E-state index is 0.0411. The van der Waals surface area contributed by atoms with Crippen molar-refractivity contribution < 1.29 is 29.0 Å². The number of allylic oxidation sites excluding steroid dienone is 1. The van der Waals surface area contributed by atoms with Gasteiger partial charge in [0.25, 0.3) is 5.56 Å². The topological polar surface area (TPSA) is 125 Å². The summed E-state index contributed by atoms with van der Waals surface area (Å²) in [6.07, 6.45) is 11.4.